The fourth-order valence-electron chi connectivity index (χ4n) is 3.86. The van der Waals surface area contributed by atoms with Crippen molar-refractivity contribution < 1.29 is 14.3 Å². The van der Waals surface area contributed by atoms with E-state index in [2.05, 4.69) is 19.0 Å². The van der Waals surface area contributed by atoms with Gasteiger partial charge in [0.15, 0.2) is 6.21 Å². The second-order valence-electron chi connectivity index (χ2n) is 7.24. The molecule has 2 aliphatic rings. The minimum Gasteiger partial charge on any atom is -0.623 e. The maximum Gasteiger partial charge on any atom is 0.211 e. The van der Waals surface area contributed by atoms with Crippen LogP contribution in [-0.2, 0) is 0 Å². The molecule has 5 heteroatoms. The van der Waals surface area contributed by atoms with Crippen molar-refractivity contribution in [2.75, 3.05) is 0 Å². The summed E-state index contributed by atoms with van der Waals surface area (Å²) in [5.74, 6) is 0.469. The third-order valence-corrected chi connectivity index (χ3v) is 5.71. The van der Waals surface area contributed by atoms with E-state index in [1.54, 1.807) is 25.1 Å². The quantitative estimate of drug-likeness (QED) is 0.299. The van der Waals surface area contributed by atoms with Gasteiger partial charge in [-0.05, 0) is 35.8 Å². The van der Waals surface area contributed by atoms with Gasteiger partial charge in [0, 0.05) is 13.3 Å². The van der Waals surface area contributed by atoms with Crippen LogP contribution in [0.5, 0.6) is 0 Å². The molecule has 0 radical (unpaired) electrons. The molecule has 2 fully saturated rings. The first-order valence-electron chi connectivity index (χ1n) is 7.58. The minimum atomic E-state index is -0.925. The van der Waals surface area contributed by atoms with Crippen molar-refractivity contribution >= 4 is 11.9 Å². The van der Waals surface area contributed by atoms with Crippen molar-refractivity contribution in [1.29, 1.82) is 0 Å². The number of halogens is 1. The molecular formula is C17H21FN2O2. The monoisotopic (exact) mass is 304 g/mol. The van der Waals surface area contributed by atoms with E-state index in [1.165, 1.54) is 12.3 Å². The number of oxime groups is 1. The number of benzene rings is 1. The summed E-state index contributed by atoms with van der Waals surface area (Å²) in [6, 6.07) is 6.16. The first-order valence-corrected chi connectivity index (χ1v) is 7.58. The van der Waals surface area contributed by atoms with E-state index in [0.29, 0.717) is 30.4 Å². The highest BCUT2D eigenvalue weighted by atomic mass is 19.1. The maximum atomic E-state index is 13.8. The molecule has 3 atom stereocenters. The van der Waals surface area contributed by atoms with Gasteiger partial charge in [0.25, 0.3) is 0 Å². The molecule has 0 aromatic heterocycles. The van der Waals surface area contributed by atoms with Crippen LogP contribution < -0.4 is 0 Å². The van der Waals surface area contributed by atoms with Gasteiger partial charge < -0.3 is 10.4 Å². The summed E-state index contributed by atoms with van der Waals surface area (Å²) in [6.45, 7) is 6.13. The van der Waals surface area contributed by atoms with Gasteiger partial charge >= 0.3 is 0 Å². The molecule has 0 saturated heterocycles. The highest BCUT2D eigenvalue weighted by molar-refractivity contribution is 5.94. The third kappa shape index (κ3) is 2.11. The average Bonchev–Trinajstić information content (AvgIpc) is 3.00. The zero-order chi connectivity index (χ0) is 16.1. The molecule has 0 spiro atoms. The fourth-order valence-corrected chi connectivity index (χ4v) is 3.86. The molecular weight excluding hydrogens is 283 g/mol. The lowest BCUT2D eigenvalue weighted by atomic mass is 9.81. The zero-order valence-corrected chi connectivity index (χ0v) is 13.1. The molecule has 1 aromatic rings. The summed E-state index contributed by atoms with van der Waals surface area (Å²) in [7, 11) is 0. The SMILES string of the molecule is CC1(C)C2CC(=NO)C(C)([N+]([O-])=Cc3ccccc3F)CC21. The van der Waals surface area contributed by atoms with E-state index in [1.807, 2.05) is 0 Å². The van der Waals surface area contributed by atoms with Gasteiger partial charge in [-0.25, -0.2) is 9.13 Å². The van der Waals surface area contributed by atoms with Crippen LogP contribution in [0.15, 0.2) is 29.4 Å². The average molecular weight is 304 g/mol. The lowest BCUT2D eigenvalue weighted by molar-refractivity contribution is -0.521. The summed E-state index contributed by atoms with van der Waals surface area (Å²) in [5, 5.41) is 25.4. The van der Waals surface area contributed by atoms with E-state index < -0.39 is 11.4 Å². The highest BCUT2D eigenvalue weighted by Gasteiger charge is 2.66. The van der Waals surface area contributed by atoms with Gasteiger partial charge in [0.05, 0.1) is 5.56 Å². The van der Waals surface area contributed by atoms with Crippen LogP contribution in [0.2, 0.25) is 0 Å². The van der Waals surface area contributed by atoms with Crippen LogP contribution in [0.1, 0.15) is 39.2 Å². The smallest absolute Gasteiger partial charge is 0.211 e. The van der Waals surface area contributed by atoms with E-state index in [0.717, 1.165) is 4.74 Å². The first-order chi connectivity index (χ1) is 10.3. The molecule has 4 nitrogen and oxygen atoms in total. The summed E-state index contributed by atoms with van der Waals surface area (Å²) >= 11 is 0. The molecule has 0 aliphatic heterocycles. The summed E-state index contributed by atoms with van der Waals surface area (Å²) in [5.41, 5.74) is -0.0199. The van der Waals surface area contributed by atoms with Gasteiger partial charge in [-0.1, -0.05) is 31.1 Å². The number of rotatable bonds is 2. The molecule has 2 aliphatic carbocycles. The van der Waals surface area contributed by atoms with Gasteiger partial charge in [0.1, 0.15) is 11.5 Å². The normalized spacial score (nSPS) is 35.3. The molecule has 0 bridgehead atoms. The standard InChI is InChI=1S/C17H21FN2O2/c1-16(2)12-8-15(19-21)17(3,9-13(12)16)20(22)10-11-6-4-5-7-14(11)18/h4-7,10,12-13,21H,8-9H2,1-3H3. The van der Waals surface area contributed by atoms with Crippen LogP contribution in [-0.4, -0.2) is 27.4 Å². The number of hydrogen-bond acceptors (Lipinski definition) is 3. The first kappa shape index (κ1) is 15.0. The number of hydroxylamine groups is 1. The Morgan fingerprint density at radius 2 is 2.00 bits per heavy atom. The molecule has 22 heavy (non-hydrogen) atoms. The lowest BCUT2D eigenvalue weighted by Crippen LogP contribution is -2.48. The second kappa shape index (κ2) is 4.80. The topological polar surface area (TPSA) is 58.7 Å². The number of hydrogen-bond donors (Lipinski definition) is 1. The zero-order valence-electron chi connectivity index (χ0n) is 13.1. The van der Waals surface area contributed by atoms with Crippen LogP contribution in [0.3, 0.4) is 0 Å². The third-order valence-electron chi connectivity index (χ3n) is 5.71. The Kier molecular flexibility index (Phi) is 3.27. The molecule has 1 aromatic carbocycles. The Morgan fingerprint density at radius 3 is 2.64 bits per heavy atom. The Morgan fingerprint density at radius 1 is 1.32 bits per heavy atom. The Bertz CT molecular complexity index is 668. The lowest BCUT2D eigenvalue weighted by Gasteiger charge is -2.31. The van der Waals surface area contributed by atoms with Crippen LogP contribution >= 0.6 is 0 Å². The molecule has 0 heterocycles. The fraction of sp³-hybridized carbons (Fsp3) is 0.529. The summed E-state index contributed by atoms with van der Waals surface area (Å²) < 4.78 is 14.5. The van der Waals surface area contributed by atoms with Crippen LogP contribution in [0, 0.1) is 28.3 Å². The maximum absolute atomic E-state index is 13.8. The van der Waals surface area contributed by atoms with Gasteiger partial charge in [-0.3, -0.25) is 0 Å². The van der Waals surface area contributed by atoms with E-state index in [-0.39, 0.29) is 11.0 Å². The van der Waals surface area contributed by atoms with Crippen LogP contribution in [0.25, 0.3) is 0 Å². The Labute approximate surface area is 129 Å². The van der Waals surface area contributed by atoms with E-state index in [9.17, 15) is 14.8 Å². The Balaban J connectivity index is 1.96. The molecule has 0 amide bonds. The summed E-state index contributed by atoms with van der Waals surface area (Å²) in [4.78, 5) is 0. The van der Waals surface area contributed by atoms with Crippen molar-refractivity contribution in [3.63, 3.8) is 0 Å². The minimum absolute atomic E-state index is 0.173. The predicted molar refractivity (Wildman–Crippen MR) is 82.8 cm³/mol. The van der Waals surface area contributed by atoms with Crippen LogP contribution in [0.4, 0.5) is 4.39 Å². The highest BCUT2D eigenvalue weighted by Crippen LogP contribution is 2.66. The number of fused-ring (bicyclic) bond motifs is 1. The van der Waals surface area contributed by atoms with Crippen molar-refractivity contribution in [1.82, 2.24) is 0 Å². The predicted octanol–water partition coefficient (Wildman–Crippen LogP) is 3.41. The molecule has 3 rings (SSSR count). The second-order valence-corrected chi connectivity index (χ2v) is 7.24. The Hall–Kier alpha value is -1.91. The largest absolute Gasteiger partial charge is 0.623 e. The van der Waals surface area contributed by atoms with E-state index >= 15 is 0 Å². The van der Waals surface area contributed by atoms with Gasteiger partial charge in [-0.15, -0.1) is 0 Å². The molecule has 2 saturated carbocycles. The molecule has 1 N–H and O–H groups in total. The van der Waals surface area contributed by atoms with Crippen molar-refractivity contribution in [2.45, 2.75) is 39.2 Å². The molecule has 118 valence electrons. The van der Waals surface area contributed by atoms with Gasteiger partial charge in [0.2, 0.25) is 5.54 Å². The number of nitrogens with zero attached hydrogens (tertiary/aromatic N) is 2. The van der Waals surface area contributed by atoms with Gasteiger partial charge in [-0.2, -0.15) is 0 Å². The molecule has 3 unspecified atom stereocenters. The van der Waals surface area contributed by atoms with Crippen molar-refractivity contribution in [3.05, 3.63) is 40.9 Å². The summed E-state index contributed by atoms with van der Waals surface area (Å²) in [6.07, 6.45) is 2.50. The van der Waals surface area contributed by atoms with Crippen molar-refractivity contribution in [2.24, 2.45) is 22.4 Å². The van der Waals surface area contributed by atoms with Crippen molar-refractivity contribution in [3.8, 4) is 0 Å². The van der Waals surface area contributed by atoms with E-state index in [4.69, 9.17) is 0 Å².